The summed E-state index contributed by atoms with van der Waals surface area (Å²) in [5, 5.41) is 4.90. The molecule has 7 heteroatoms. The number of carbonyl (C=O) groups excluding carboxylic acids is 3. The van der Waals surface area contributed by atoms with Crippen LogP contribution < -0.4 is 16.4 Å². The van der Waals surface area contributed by atoms with Crippen molar-refractivity contribution in [3.05, 3.63) is 29.8 Å². The first kappa shape index (κ1) is 15.5. The molecule has 0 aromatic heterocycles. The van der Waals surface area contributed by atoms with Gasteiger partial charge in [0.25, 0.3) is 5.91 Å². The normalized spacial score (nSPS) is 9.70. The van der Waals surface area contributed by atoms with Crippen molar-refractivity contribution in [3.8, 4) is 0 Å². The lowest BCUT2D eigenvalue weighted by molar-refractivity contribution is -0.133. The summed E-state index contributed by atoms with van der Waals surface area (Å²) in [6, 6.07) is 6.36. The molecule has 0 atom stereocenters. The number of anilines is 1. The molecule has 1 rings (SSSR count). The third-order valence-electron chi connectivity index (χ3n) is 2.66. The Morgan fingerprint density at radius 1 is 1.20 bits per heavy atom. The van der Waals surface area contributed by atoms with Crippen molar-refractivity contribution in [2.75, 3.05) is 32.9 Å². The van der Waals surface area contributed by atoms with Crippen LogP contribution in [-0.4, -0.2) is 49.8 Å². The number of nitrogen functional groups attached to an aromatic ring is 1. The van der Waals surface area contributed by atoms with Gasteiger partial charge in [-0.2, -0.15) is 0 Å². The second kappa shape index (κ2) is 7.13. The SMILES string of the molecule is CNC(=O)CN(C)C(=O)CNC(=O)c1ccc(N)cc1. The van der Waals surface area contributed by atoms with Crippen molar-refractivity contribution >= 4 is 23.4 Å². The summed E-state index contributed by atoms with van der Waals surface area (Å²) in [7, 11) is 2.98. The highest BCUT2D eigenvalue weighted by molar-refractivity contribution is 5.97. The first-order valence-corrected chi connectivity index (χ1v) is 6.02. The summed E-state index contributed by atoms with van der Waals surface area (Å²) < 4.78 is 0. The summed E-state index contributed by atoms with van der Waals surface area (Å²) >= 11 is 0. The molecule has 0 aliphatic heterocycles. The van der Waals surface area contributed by atoms with E-state index in [0.717, 1.165) is 0 Å². The summed E-state index contributed by atoms with van der Waals surface area (Å²) in [5.74, 6) is -0.991. The van der Waals surface area contributed by atoms with E-state index < -0.39 is 0 Å². The average Bonchev–Trinajstić information content (AvgIpc) is 2.44. The Labute approximate surface area is 117 Å². The van der Waals surface area contributed by atoms with E-state index in [1.165, 1.54) is 19.0 Å². The van der Waals surface area contributed by atoms with Crippen LogP contribution in [0.15, 0.2) is 24.3 Å². The highest BCUT2D eigenvalue weighted by Crippen LogP contribution is 2.04. The van der Waals surface area contributed by atoms with E-state index in [4.69, 9.17) is 5.73 Å². The standard InChI is InChI=1S/C13H18N4O3/c1-15-11(18)8-17(2)12(19)7-16-13(20)9-3-5-10(14)6-4-9/h3-6H,7-8,14H2,1-2H3,(H,15,18)(H,16,20). The van der Waals surface area contributed by atoms with Gasteiger partial charge in [0.2, 0.25) is 11.8 Å². The Morgan fingerprint density at radius 3 is 2.35 bits per heavy atom. The van der Waals surface area contributed by atoms with Gasteiger partial charge in [-0.3, -0.25) is 14.4 Å². The molecule has 0 aliphatic carbocycles. The minimum Gasteiger partial charge on any atom is -0.399 e. The van der Waals surface area contributed by atoms with Crippen molar-refractivity contribution in [2.24, 2.45) is 0 Å². The first-order valence-electron chi connectivity index (χ1n) is 6.02. The van der Waals surface area contributed by atoms with Gasteiger partial charge in [0.15, 0.2) is 0 Å². The summed E-state index contributed by atoms with van der Waals surface area (Å²) in [4.78, 5) is 35.8. The highest BCUT2D eigenvalue weighted by Gasteiger charge is 2.13. The Bertz CT molecular complexity index is 499. The molecule has 0 aliphatic rings. The van der Waals surface area contributed by atoms with Gasteiger partial charge in [0.1, 0.15) is 0 Å². The van der Waals surface area contributed by atoms with Gasteiger partial charge in [-0.1, -0.05) is 0 Å². The summed E-state index contributed by atoms with van der Waals surface area (Å²) in [5.41, 5.74) is 6.49. The largest absolute Gasteiger partial charge is 0.399 e. The molecule has 0 bridgehead atoms. The Hall–Kier alpha value is -2.57. The molecule has 0 spiro atoms. The minimum atomic E-state index is -0.369. The maximum Gasteiger partial charge on any atom is 0.251 e. The second-order valence-electron chi connectivity index (χ2n) is 4.23. The van der Waals surface area contributed by atoms with Crippen LogP contribution >= 0.6 is 0 Å². The molecule has 0 heterocycles. The third-order valence-corrected chi connectivity index (χ3v) is 2.66. The molecule has 0 saturated carbocycles. The predicted octanol–water partition coefficient (Wildman–Crippen LogP) is -0.797. The third kappa shape index (κ3) is 4.60. The number of likely N-dealkylation sites (N-methyl/N-ethyl adjacent to an activating group) is 2. The fourth-order valence-electron chi connectivity index (χ4n) is 1.41. The van der Waals surface area contributed by atoms with E-state index in [9.17, 15) is 14.4 Å². The second-order valence-corrected chi connectivity index (χ2v) is 4.23. The fraction of sp³-hybridized carbons (Fsp3) is 0.308. The maximum atomic E-state index is 11.8. The van der Waals surface area contributed by atoms with Gasteiger partial charge in [0, 0.05) is 25.3 Å². The zero-order valence-electron chi connectivity index (χ0n) is 11.5. The molecule has 20 heavy (non-hydrogen) atoms. The van der Waals surface area contributed by atoms with E-state index in [2.05, 4.69) is 10.6 Å². The number of hydrogen-bond acceptors (Lipinski definition) is 4. The van der Waals surface area contributed by atoms with Crippen LogP contribution in [0.4, 0.5) is 5.69 Å². The number of hydrogen-bond donors (Lipinski definition) is 3. The van der Waals surface area contributed by atoms with Gasteiger partial charge in [-0.05, 0) is 24.3 Å². The Balaban J connectivity index is 2.46. The van der Waals surface area contributed by atoms with Gasteiger partial charge in [-0.25, -0.2) is 0 Å². The van der Waals surface area contributed by atoms with Crippen LogP contribution in [0.2, 0.25) is 0 Å². The zero-order chi connectivity index (χ0) is 15.1. The predicted molar refractivity (Wildman–Crippen MR) is 74.9 cm³/mol. The van der Waals surface area contributed by atoms with Gasteiger partial charge in [0.05, 0.1) is 13.1 Å². The van der Waals surface area contributed by atoms with E-state index in [0.29, 0.717) is 11.3 Å². The summed E-state index contributed by atoms with van der Waals surface area (Å²) in [6.07, 6.45) is 0. The van der Waals surface area contributed by atoms with Gasteiger partial charge >= 0.3 is 0 Å². The summed E-state index contributed by atoms with van der Waals surface area (Å²) in [6.45, 7) is -0.218. The van der Waals surface area contributed by atoms with Crippen LogP contribution in [0.5, 0.6) is 0 Å². The van der Waals surface area contributed by atoms with E-state index >= 15 is 0 Å². The molecule has 1 aromatic rings. The number of nitrogens with zero attached hydrogens (tertiary/aromatic N) is 1. The molecule has 108 valence electrons. The number of amides is 3. The number of benzene rings is 1. The van der Waals surface area contributed by atoms with Crippen LogP contribution in [-0.2, 0) is 9.59 Å². The Morgan fingerprint density at radius 2 is 1.80 bits per heavy atom. The monoisotopic (exact) mass is 278 g/mol. The first-order chi connectivity index (χ1) is 9.43. The van der Waals surface area contributed by atoms with Gasteiger partial charge < -0.3 is 21.3 Å². The van der Waals surface area contributed by atoms with E-state index in [1.54, 1.807) is 24.3 Å². The lowest BCUT2D eigenvalue weighted by Crippen LogP contribution is -2.42. The van der Waals surface area contributed by atoms with Crippen LogP contribution in [0.3, 0.4) is 0 Å². The molecular weight excluding hydrogens is 260 g/mol. The number of nitrogens with two attached hydrogens (primary N) is 1. The van der Waals surface area contributed by atoms with Crippen LogP contribution in [0, 0.1) is 0 Å². The molecule has 3 amide bonds. The fourth-order valence-corrected chi connectivity index (χ4v) is 1.41. The quantitative estimate of drug-likeness (QED) is 0.613. The maximum absolute atomic E-state index is 11.8. The van der Waals surface area contributed by atoms with Crippen molar-refractivity contribution in [2.45, 2.75) is 0 Å². The van der Waals surface area contributed by atoms with Crippen molar-refractivity contribution in [1.82, 2.24) is 15.5 Å². The van der Waals surface area contributed by atoms with Crippen molar-refractivity contribution in [1.29, 1.82) is 0 Å². The average molecular weight is 278 g/mol. The number of rotatable bonds is 5. The van der Waals surface area contributed by atoms with Gasteiger partial charge in [-0.15, -0.1) is 0 Å². The van der Waals surface area contributed by atoms with Crippen LogP contribution in [0.1, 0.15) is 10.4 Å². The lowest BCUT2D eigenvalue weighted by Gasteiger charge is -2.16. The molecular formula is C13H18N4O3. The number of carbonyl (C=O) groups is 3. The molecule has 7 nitrogen and oxygen atoms in total. The van der Waals surface area contributed by atoms with Crippen molar-refractivity contribution < 1.29 is 14.4 Å². The smallest absolute Gasteiger partial charge is 0.251 e. The zero-order valence-corrected chi connectivity index (χ0v) is 11.5. The molecule has 0 saturated heterocycles. The van der Waals surface area contributed by atoms with Crippen LogP contribution in [0.25, 0.3) is 0 Å². The van der Waals surface area contributed by atoms with E-state index in [1.807, 2.05) is 0 Å². The topological polar surface area (TPSA) is 105 Å². The molecule has 0 radical (unpaired) electrons. The Kier molecular flexibility index (Phi) is 5.52. The highest BCUT2D eigenvalue weighted by atomic mass is 16.2. The number of nitrogens with one attached hydrogen (secondary N) is 2. The van der Waals surface area contributed by atoms with E-state index in [-0.39, 0.29) is 30.8 Å². The molecule has 1 aromatic carbocycles. The molecule has 4 N–H and O–H groups in total. The van der Waals surface area contributed by atoms with Crippen molar-refractivity contribution in [3.63, 3.8) is 0 Å². The molecule has 0 unspecified atom stereocenters. The minimum absolute atomic E-state index is 0.0485. The molecule has 0 fully saturated rings. The lowest BCUT2D eigenvalue weighted by atomic mass is 10.2.